The van der Waals surface area contributed by atoms with Gasteiger partial charge in [-0.05, 0) is 137 Å². The van der Waals surface area contributed by atoms with Gasteiger partial charge in [-0.25, -0.2) is 22.5 Å². The highest BCUT2D eigenvalue weighted by atomic mass is 31.1. The van der Waals surface area contributed by atoms with Gasteiger partial charge < -0.3 is 28.4 Å². The third-order valence-corrected chi connectivity index (χ3v) is 18.0. The summed E-state index contributed by atoms with van der Waals surface area (Å²) >= 11 is 0. The average Bonchev–Trinajstić information content (AvgIpc) is 3.99. The first-order chi connectivity index (χ1) is 34.3. The van der Waals surface area contributed by atoms with Gasteiger partial charge in [0.2, 0.25) is 0 Å². The van der Waals surface area contributed by atoms with Crippen molar-refractivity contribution in [1.82, 2.24) is 4.90 Å². The number of fused-ring (bicyclic) bond motifs is 5. The molecule has 0 aliphatic carbocycles. The lowest BCUT2D eigenvalue weighted by Gasteiger charge is -2.35. The zero-order valence-corrected chi connectivity index (χ0v) is 39.8. The van der Waals surface area contributed by atoms with Gasteiger partial charge in [0.15, 0.2) is 23.0 Å². The Hall–Kier alpha value is -6.58. The molecule has 0 N–H and O–H groups in total. The SMILES string of the molecule is COc1ccc(P(c2ccc(F)cc2)c2ccc(F)cc2)c2c1OCc1ccccc1COc1c(OC)ccc(P(c3ccc(F)cc3)c3ccc(F)cc3)c1[C@@H]1OC[C@@H]3[C@H](c4ccccc4)O[C@H]2N31. The minimum absolute atomic E-state index is 0.111. The van der Waals surface area contributed by atoms with Crippen LogP contribution < -0.4 is 50.8 Å². The second-order valence-corrected chi connectivity index (χ2v) is 21.4. The molecule has 0 radical (unpaired) electrons. The summed E-state index contributed by atoms with van der Waals surface area (Å²) in [6.45, 7) is 0.454. The van der Waals surface area contributed by atoms with Crippen LogP contribution in [0.5, 0.6) is 23.0 Å². The molecule has 8 aromatic rings. The van der Waals surface area contributed by atoms with Crippen LogP contribution in [0.15, 0.2) is 176 Å². The van der Waals surface area contributed by atoms with Gasteiger partial charge in [-0.2, -0.15) is 0 Å². The predicted octanol–water partition coefficient (Wildman–Crippen LogP) is 10.4. The van der Waals surface area contributed by atoms with Gasteiger partial charge in [0, 0.05) is 0 Å². The van der Waals surface area contributed by atoms with E-state index >= 15 is 0 Å². The van der Waals surface area contributed by atoms with E-state index in [9.17, 15) is 17.6 Å². The molecule has 0 saturated carbocycles. The monoisotopic (exact) mass is 977 g/mol. The normalized spacial score (nSPS) is 18.6. The Morgan fingerprint density at radius 3 is 1.29 bits per heavy atom. The van der Waals surface area contributed by atoms with Crippen molar-refractivity contribution in [2.24, 2.45) is 0 Å². The molecule has 3 aliphatic heterocycles. The van der Waals surface area contributed by atoms with E-state index in [4.69, 9.17) is 28.4 Å². The van der Waals surface area contributed by atoms with Crippen molar-refractivity contribution in [3.8, 4) is 23.0 Å². The summed E-state index contributed by atoms with van der Waals surface area (Å²) in [5.41, 5.74) is 3.93. The molecule has 0 bridgehead atoms. The predicted molar refractivity (Wildman–Crippen MR) is 266 cm³/mol. The highest BCUT2D eigenvalue weighted by Gasteiger charge is 2.55. The van der Waals surface area contributed by atoms with E-state index < -0.39 is 40.4 Å². The Bertz CT molecular complexity index is 3060. The minimum atomic E-state index is -1.57. The zero-order valence-electron chi connectivity index (χ0n) is 38.0. The van der Waals surface area contributed by atoms with Crippen LogP contribution >= 0.6 is 15.8 Å². The first kappa shape index (κ1) is 45.8. The molecule has 352 valence electrons. The standard InChI is InChI=1S/C57H45F4NO6P2/c1-63-47-28-30-49(69(42-20-12-38(58)13-21-42)43-22-14-39(59)15-23-43)51-54(47)65-32-36-10-6-7-11-37(36)33-66-55-48(64-2)29-31-50(70(44-24-16-40(60)17-25-44)45-26-18-41(61)19-27-45)52(55)57-62-46(34-67-56(51)62)53(68-57)35-8-4-3-5-9-35/h3-31,46,53,56-57H,32-34H2,1-2H3/t46-,53+,56+,57-/m1/s1. The van der Waals surface area contributed by atoms with Crippen molar-refractivity contribution < 1.29 is 46.0 Å². The first-order valence-corrected chi connectivity index (χ1v) is 25.4. The van der Waals surface area contributed by atoms with Crippen LogP contribution in [0.1, 0.15) is 46.4 Å². The smallest absolute Gasteiger partial charge is 0.169 e. The van der Waals surface area contributed by atoms with E-state index in [-0.39, 0.29) is 43.1 Å². The molecule has 3 aliphatic rings. The van der Waals surface area contributed by atoms with Crippen molar-refractivity contribution in [3.63, 3.8) is 0 Å². The molecule has 4 atom stereocenters. The largest absolute Gasteiger partial charge is 0.493 e. The van der Waals surface area contributed by atoms with E-state index in [1.54, 1.807) is 62.8 Å². The third kappa shape index (κ3) is 8.61. The van der Waals surface area contributed by atoms with Crippen LogP contribution in [0, 0.1) is 23.3 Å². The van der Waals surface area contributed by atoms with Crippen molar-refractivity contribution in [2.75, 3.05) is 20.8 Å². The van der Waals surface area contributed by atoms with Gasteiger partial charge in [0.25, 0.3) is 0 Å². The summed E-state index contributed by atoms with van der Waals surface area (Å²) < 4.78 is 100. The number of hydrogen-bond donors (Lipinski definition) is 0. The number of hydrogen-bond acceptors (Lipinski definition) is 7. The van der Waals surface area contributed by atoms with Gasteiger partial charge in [-0.15, -0.1) is 0 Å². The van der Waals surface area contributed by atoms with Crippen molar-refractivity contribution in [3.05, 3.63) is 227 Å². The Balaban J connectivity index is 1.22. The number of benzene rings is 8. The van der Waals surface area contributed by atoms with Crippen LogP contribution in [0.3, 0.4) is 0 Å². The molecule has 2 saturated heterocycles. The number of halogens is 4. The van der Waals surface area contributed by atoms with Crippen molar-refractivity contribution in [1.29, 1.82) is 0 Å². The molecule has 13 heteroatoms. The summed E-state index contributed by atoms with van der Waals surface area (Å²) in [6, 6.07) is 50.8. The Labute approximate surface area is 405 Å². The number of rotatable bonds is 9. The van der Waals surface area contributed by atoms with Crippen LogP contribution in [0.25, 0.3) is 0 Å². The van der Waals surface area contributed by atoms with Gasteiger partial charge >= 0.3 is 0 Å². The van der Waals surface area contributed by atoms with Crippen LogP contribution in [0.2, 0.25) is 0 Å². The summed E-state index contributed by atoms with van der Waals surface area (Å²) in [7, 11) is 0.0635. The number of ether oxygens (including phenoxy) is 6. The fourth-order valence-electron chi connectivity index (χ4n) is 9.75. The molecule has 0 aromatic heterocycles. The van der Waals surface area contributed by atoms with Crippen LogP contribution in [0.4, 0.5) is 17.6 Å². The maximum Gasteiger partial charge on any atom is 0.169 e. The molecule has 0 unspecified atom stereocenters. The quantitative estimate of drug-likeness (QED) is 0.106. The topological polar surface area (TPSA) is 58.6 Å². The maximum atomic E-state index is 14.8. The molecular weight excluding hydrogens is 933 g/mol. The third-order valence-electron chi connectivity index (χ3n) is 13.0. The molecule has 0 amide bonds. The molecule has 0 spiro atoms. The zero-order chi connectivity index (χ0) is 47.9. The van der Waals surface area contributed by atoms with Crippen molar-refractivity contribution >= 4 is 47.7 Å². The summed E-state index contributed by atoms with van der Waals surface area (Å²) in [6.07, 6.45) is -2.34. The fourth-order valence-corrected chi connectivity index (χ4v) is 14.6. The van der Waals surface area contributed by atoms with Crippen LogP contribution in [-0.2, 0) is 22.7 Å². The lowest BCUT2D eigenvalue weighted by molar-refractivity contribution is -0.0775. The molecule has 2 fully saturated rings. The van der Waals surface area contributed by atoms with Gasteiger partial charge in [-0.1, -0.05) is 103 Å². The van der Waals surface area contributed by atoms with Gasteiger partial charge in [0.1, 0.15) is 55.0 Å². The van der Waals surface area contributed by atoms with E-state index in [1.807, 2.05) is 78.9 Å². The van der Waals surface area contributed by atoms with E-state index in [2.05, 4.69) is 4.90 Å². The Kier molecular flexibility index (Phi) is 12.9. The maximum absolute atomic E-state index is 14.8. The first-order valence-electron chi connectivity index (χ1n) is 22.7. The second kappa shape index (κ2) is 19.7. The van der Waals surface area contributed by atoms with Crippen molar-refractivity contribution in [2.45, 2.75) is 37.8 Å². The summed E-state index contributed by atoms with van der Waals surface area (Å²) in [5, 5.41) is 4.85. The minimum Gasteiger partial charge on any atom is -0.493 e. The van der Waals surface area contributed by atoms with Gasteiger partial charge in [-0.3, -0.25) is 0 Å². The molecule has 8 aromatic carbocycles. The van der Waals surface area contributed by atoms with E-state index in [1.165, 1.54) is 48.5 Å². The summed E-state index contributed by atoms with van der Waals surface area (Å²) in [4.78, 5) is 2.23. The molecule has 70 heavy (non-hydrogen) atoms. The van der Waals surface area contributed by atoms with Crippen LogP contribution in [-0.4, -0.2) is 31.8 Å². The second-order valence-electron chi connectivity index (χ2n) is 17.0. The molecule has 7 nitrogen and oxygen atoms in total. The van der Waals surface area contributed by atoms with Gasteiger partial charge in [0.05, 0.1) is 38.0 Å². The number of methoxy groups -OCH3 is 2. The highest BCUT2D eigenvalue weighted by molar-refractivity contribution is 7.80. The van der Waals surface area contributed by atoms with E-state index in [0.717, 1.165) is 48.5 Å². The Morgan fingerprint density at radius 1 is 0.471 bits per heavy atom. The molecule has 3 heterocycles. The lowest BCUT2D eigenvalue weighted by Crippen LogP contribution is -2.36. The highest BCUT2D eigenvalue weighted by Crippen LogP contribution is 2.57. The molecular formula is C57H45F4NO6P2. The number of nitrogens with zero attached hydrogens (tertiary/aromatic N) is 1. The summed E-state index contributed by atoms with van der Waals surface area (Å²) in [5.74, 6) is 0.219. The lowest BCUT2D eigenvalue weighted by atomic mass is 10.0. The fraction of sp³-hybridized carbons (Fsp3) is 0.158. The Morgan fingerprint density at radius 2 is 0.871 bits per heavy atom. The average molecular weight is 978 g/mol. The molecule has 11 rings (SSSR count). The van der Waals surface area contributed by atoms with E-state index in [0.29, 0.717) is 34.1 Å².